The van der Waals surface area contributed by atoms with Crippen molar-refractivity contribution in [2.75, 3.05) is 13.7 Å². The number of rotatable bonds is 3. The van der Waals surface area contributed by atoms with Crippen LogP contribution in [-0.4, -0.2) is 23.3 Å². The first-order chi connectivity index (χ1) is 7.24. The summed E-state index contributed by atoms with van der Waals surface area (Å²) in [5, 5.41) is 0. The van der Waals surface area contributed by atoms with Crippen molar-refractivity contribution in [3.63, 3.8) is 0 Å². The second-order valence-electron chi connectivity index (χ2n) is 3.47. The van der Waals surface area contributed by atoms with Crippen molar-refractivity contribution in [2.24, 2.45) is 0 Å². The van der Waals surface area contributed by atoms with Crippen LogP contribution < -0.4 is 0 Å². The Labute approximate surface area is 97.2 Å². The molecule has 80 valence electrons. The van der Waals surface area contributed by atoms with Crippen molar-refractivity contribution in [2.45, 2.75) is 13.5 Å². The molecule has 1 aromatic heterocycles. The molecular weight excluding hydrogens is 256 g/mol. The molecule has 0 aliphatic rings. The number of hydrogen-bond donors (Lipinski definition) is 0. The molecule has 1 aromatic carbocycles. The van der Waals surface area contributed by atoms with Crippen LogP contribution in [0.25, 0.3) is 11.0 Å². The zero-order valence-corrected chi connectivity index (χ0v) is 10.4. The van der Waals surface area contributed by atoms with Gasteiger partial charge in [-0.05, 0) is 24.6 Å². The molecule has 0 N–H and O–H groups in total. The number of aryl methyl sites for hydroxylation is 1. The Morgan fingerprint density at radius 2 is 2.27 bits per heavy atom. The van der Waals surface area contributed by atoms with Crippen LogP contribution in [0, 0.1) is 6.92 Å². The van der Waals surface area contributed by atoms with Gasteiger partial charge in [-0.3, -0.25) is 0 Å². The second kappa shape index (κ2) is 4.33. The number of fused-ring (bicyclic) bond motifs is 1. The minimum Gasteiger partial charge on any atom is -0.383 e. The quantitative estimate of drug-likeness (QED) is 0.856. The Morgan fingerprint density at radius 3 is 3.00 bits per heavy atom. The average molecular weight is 269 g/mol. The lowest BCUT2D eigenvalue weighted by atomic mass is 10.2. The minimum atomic E-state index is 0.709. The molecular formula is C11H13BrN2O. The summed E-state index contributed by atoms with van der Waals surface area (Å²) in [7, 11) is 1.71. The van der Waals surface area contributed by atoms with E-state index in [-0.39, 0.29) is 0 Å². The smallest absolute Gasteiger partial charge is 0.0959 e. The molecule has 0 saturated heterocycles. The van der Waals surface area contributed by atoms with Gasteiger partial charge in [-0.1, -0.05) is 15.9 Å². The first kappa shape index (κ1) is 10.6. The van der Waals surface area contributed by atoms with Gasteiger partial charge >= 0.3 is 0 Å². The number of imidazole rings is 1. The number of halogens is 1. The predicted octanol–water partition coefficient (Wildman–Crippen LogP) is 2.75. The van der Waals surface area contributed by atoms with Crippen LogP contribution in [0.5, 0.6) is 0 Å². The molecule has 0 unspecified atom stereocenters. The Morgan fingerprint density at radius 1 is 1.47 bits per heavy atom. The van der Waals surface area contributed by atoms with E-state index < -0.39 is 0 Å². The molecule has 0 saturated carbocycles. The normalized spacial score (nSPS) is 11.1. The van der Waals surface area contributed by atoms with Crippen LogP contribution in [0.1, 0.15) is 5.56 Å². The molecule has 0 aliphatic heterocycles. The highest BCUT2D eigenvalue weighted by molar-refractivity contribution is 9.10. The van der Waals surface area contributed by atoms with E-state index in [9.17, 15) is 0 Å². The van der Waals surface area contributed by atoms with Gasteiger partial charge in [-0.15, -0.1) is 0 Å². The molecule has 2 rings (SSSR count). The molecule has 4 heteroatoms. The summed E-state index contributed by atoms with van der Waals surface area (Å²) in [6, 6.07) is 4.14. The Balaban J connectivity index is 2.47. The van der Waals surface area contributed by atoms with Crippen molar-refractivity contribution in [3.8, 4) is 0 Å². The lowest BCUT2D eigenvalue weighted by molar-refractivity contribution is 0.188. The second-order valence-corrected chi connectivity index (χ2v) is 4.33. The Bertz CT molecular complexity index is 479. The highest BCUT2D eigenvalue weighted by Crippen LogP contribution is 2.24. The molecule has 0 bridgehead atoms. The fourth-order valence-corrected chi connectivity index (χ4v) is 1.93. The van der Waals surface area contributed by atoms with E-state index in [4.69, 9.17) is 4.74 Å². The lowest BCUT2D eigenvalue weighted by Crippen LogP contribution is -2.02. The van der Waals surface area contributed by atoms with Crippen LogP contribution in [0.15, 0.2) is 22.9 Å². The van der Waals surface area contributed by atoms with Crippen molar-refractivity contribution in [3.05, 3.63) is 28.5 Å². The fourth-order valence-electron chi connectivity index (χ4n) is 1.61. The maximum atomic E-state index is 5.06. The summed E-state index contributed by atoms with van der Waals surface area (Å²) in [6.45, 7) is 3.62. The summed E-state index contributed by atoms with van der Waals surface area (Å²) < 4.78 is 8.27. The van der Waals surface area contributed by atoms with Gasteiger partial charge in [0.15, 0.2) is 0 Å². The van der Waals surface area contributed by atoms with E-state index in [1.807, 2.05) is 6.33 Å². The Kier molecular flexibility index (Phi) is 3.07. The molecule has 0 radical (unpaired) electrons. The molecule has 0 amide bonds. The van der Waals surface area contributed by atoms with Gasteiger partial charge in [0.1, 0.15) is 0 Å². The number of methoxy groups -OCH3 is 1. The first-order valence-corrected chi connectivity index (χ1v) is 5.62. The van der Waals surface area contributed by atoms with E-state index in [0.717, 1.165) is 22.1 Å². The molecule has 3 nitrogen and oxygen atoms in total. The summed E-state index contributed by atoms with van der Waals surface area (Å²) in [5.41, 5.74) is 3.40. The minimum absolute atomic E-state index is 0.709. The van der Waals surface area contributed by atoms with Crippen LogP contribution in [0.4, 0.5) is 0 Å². The molecule has 0 fully saturated rings. The third-order valence-electron chi connectivity index (χ3n) is 2.52. The van der Waals surface area contributed by atoms with E-state index in [1.165, 1.54) is 5.56 Å². The van der Waals surface area contributed by atoms with Gasteiger partial charge in [0.25, 0.3) is 0 Å². The van der Waals surface area contributed by atoms with E-state index in [2.05, 4.69) is 44.5 Å². The van der Waals surface area contributed by atoms with E-state index >= 15 is 0 Å². The van der Waals surface area contributed by atoms with Crippen molar-refractivity contribution in [1.82, 2.24) is 9.55 Å². The maximum Gasteiger partial charge on any atom is 0.0959 e. The van der Waals surface area contributed by atoms with E-state index in [0.29, 0.717) is 6.61 Å². The fraction of sp³-hybridized carbons (Fsp3) is 0.364. The van der Waals surface area contributed by atoms with Gasteiger partial charge in [-0.2, -0.15) is 0 Å². The number of aromatic nitrogens is 2. The lowest BCUT2D eigenvalue weighted by Gasteiger charge is -2.04. The number of nitrogens with zero attached hydrogens (tertiary/aromatic N) is 2. The molecule has 0 atom stereocenters. The maximum absolute atomic E-state index is 5.06. The number of ether oxygens (including phenoxy) is 1. The van der Waals surface area contributed by atoms with Gasteiger partial charge in [0.05, 0.1) is 24.0 Å². The SMILES string of the molecule is COCCn1cnc2c(C)c(Br)ccc21. The standard InChI is InChI=1S/C11H13BrN2O/c1-8-9(12)3-4-10-11(8)13-7-14(10)5-6-15-2/h3-4,7H,5-6H2,1-2H3. The molecule has 1 heterocycles. The summed E-state index contributed by atoms with van der Waals surface area (Å²) in [4.78, 5) is 4.41. The molecule has 0 aliphatic carbocycles. The topological polar surface area (TPSA) is 27.1 Å². The zero-order valence-electron chi connectivity index (χ0n) is 8.83. The van der Waals surface area contributed by atoms with Gasteiger partial charge in [-0.25, -0.2) is 4.98 Å². The number of benzene rings is 1. The highest BCUT2D eigenvalue weighted by atomic mass is 79.9. The van der Waals surface area contributed by atoms with Crippen LogP contribution in [0.3, 0.4) is 0 Å². The highest BCUT2D eigenvalue weighted by Gasteiger charge is 2.06. The van der Waals surface area contributed by atoms with Crippen LogP contribution in [0.2, 0.25) is 0 Å². The molecule has 15 heavy (non-hydrogen) atoms. The van der Waals surface area contributed by atoms with Gasteiger partial charge in [0.2, 0.25) is 0 Å². The largest absolute Gasteiger partial charge is 0.383 e. The average Bonchev–Trinajstić information content (AvgIpc) is 2.64. The van der Waals surface area contributed by atoms with Gasteiger partial charge in [0, 0.05) is 18.1 Å². The Hall–Kier alpha value is -0.870. The third kappa shape index (κ3) is 1.92. The summed E-state index contributed by atoms with van der Waals surface area (Å²) in [5.74, 6) is 0. The van der Waals surface area contributed by atoms with Crippen LogP contribution >= 0.6 is 15.9 Å². The predicted molar refractivity (Wildman–Crippen MR) is 64.0 cm³/mol. The first-order valence-electron chi connectivity index (χ1n) is 4.83. The molecule has 2 aromatic rings. The zero-order chi connectivity index (χ0) is 10.8. The molecule has 0 spiro atoms. The number of hydrogen-bond acceptors (Lipinski definition) is 2. The third-order valence-corrected chi connectivity index (χ3v) is 3.37. The van der Waals surface area contributed by atoms with Crippen molar-refractivity contribution < 1.29 is 4.74 Å². The summed E-state index contributed by atoms with van der Waals surface area (Å²) >= 11 is 3.50. The van der Waals surface area contributed by atoms with Crippen LogP contribution in [-0.2, 0) is 11.3 Å². The van der Waals surface area contributed by atoms with Gasteiger partial charge < -0.3 is 9.30 Å². The van der Waals surface area contributed by atoms with Crippen molar-refractivity contribution in [1.29, 1.82) is 0 Å². The summed E-state index contributed by atoms with van der Waals surface area (Å²) in [6.07, 6.45) is 1.86. The monoisotopic (exact) mass is 268 g/mol. The van der Waals surface area contributed by atoms with E-state index in [1.54, 1.807) is 7.11 Å². The van der Waals surface area contributed by atoms with Crippen molar-refractivity contribution >= 4 is 27.0 Å².